The quantitative estimate of drug-likeness (QED) is 0.760. The Morgan fingerprint density at radius 3 is 2.50 bits per heavy atom. The number of hydrogen-bond acceptors (Lipinski definition) is 3. The monoisotopic (exact) mass is 408 g/mol. The molecule has 1 atom stereocenters. The van der Waals surface area contributed by atoms with E-state index in [9.17, 15) is 9.59 Å². The smallest absolute Gasteiger partial charge is 0.248 e. The zero-order chi connectivity index (χ0) is 21.6. The van der Waals surface area contributed by atoms with Gasteiger partial charge in [0.1, 0.15) is 6.61 Å². The number of carbonyl (C=O) groups is 2. The first kappa shape index (κ1) is 22.0. The first-order chi connectivity index (χ1) is 14.4. The highest BCUT2D eigenvalue weighted by Crippen LogP contribution is 2.37. The summed E-state index contributed by atoms with van der Waals surface area (Å²) < 4.78 is 5.05. The summed E-state index contributed by atoms with van der Waals surface area (Å²) in [7, 11) is 1.52. The van der Waals surface area contributed by atoms with Crippen LogP contribution in [0.5, 0.6) is 0 Å². The summed E-state index contributed by atoms with van der Waals surface area (Å²) in [5, 5.41) is 3.12. The van der Waals surface area contributed by atoms with Crippen molar-refractivity contribution in [1.29, 1.82) is 0 Å². The molecule has 0 saturated carbocycles. The number of hydrogen-bond donors (Lipinski definition) is 1. The van der Waals surface area contributed by atoms with Crippen molar-refractivity contribution < 1.29 is 14.3 Å². The number of methoxy groups -OCH3 is 1. The van der Waals surface area contributed by atoms with Gasteiger partial charge in [-0.2, -0.15) is 0 Å². The highest BCUT2D eigenvalue weighted by Gasteiger charge is 2.44. The van der Waals surface area contributed by atoms with E-state index in [-0.39, 0.29) is 24.5 Å². The average molecular weight is 409 g/mol. The van der Waals surface area contributed by atoms with Crippen LogP contribution in [-0.4, -0.2) is 49.6 Å². The molecule has 1 N–H and O–H groups in total. The average Bonchev–Trinajstić information content (AvgIpc) is 2.74. The highest BCUT2D eigenvalue weighted by molar-refractivity contribution is 5.86. The fourth-order valence-electron chi connectivity index (χ4n) is 4.32. The highest BCUT2D eigenvalue weighted by atomic mass is 16.5. The van der Waals surface area contributed by atoms with Crippen molar-refractivity contribution in [3.8, 4) is 11.1 Å². The van der Waals surface area contributed by atoms with Crippen LogP contribution in [-0.2, 0) is 20.7 Å². The summed E-state index contributed by atoms with van der Waals surface area (Å²) in [6.07, 6.45) is 2.15. The second-order valence-electron chi connectivity index (χ2n) is 8.46. The molecule has 0 aliphatic carbocycles. The Kier molecular flexibility index (Phi) is 7.27. The third-order valence-electron chi connectivity index (χ3n) is 5.73. The number of carbonyl (C=O) groups excluding carboxylic acids is 2. The van der Waals surface area contributed by atoms with Crippen molar-refractivity contribution in [2.24, 2.45) is 5.41 Å². The molecule has 0 spiro atoms. The Hall–Kier alpha value is -2.66. The molecule has 0 aromatic heterocycles. The largest absolute Gasteiger partial charge is 0.375 e. The topological polar surface area (TPSA) is 58.6 Å². The van der Waals surface area contributed by atoms with Crippen LogP contribution in [0.1, 0.15) is 32.3 Å². The van der Waals surface area contributed by atoms with Gasteiger partial charge in [-0.25, -0.2) is 0 Å². The minimum atomic E-state index is -0.656. The number of nitrogens with one attached hydrogen (secondary N) is 1. The molecule has 0 radical (unpaired) electrons. The van der Waals surface area contributed by atoms with Gasteiger partial charge < -0.3 is 15.0 Å². The summed E-state index contributed by atoms with van der Waals surface area (Å²) in [6.45, 7) is 5.07. The van der Waals surface area contributed by atoms with Crippen molar-refractivity contribution >= 4 is 11.8 Å². The lowest BCUT2D eigenvalue weighted by molar-refractivity contribution is -0.144. The molecule has 2 aromatic carbocycles. The SMILES string of the molecule is COCC(=O)N1CCC[C@@](Cc2ccccc2-c2ccccc2)(C(=O)NC(C)C)C1. The minimum absolute atomic E-state index is 0.0234. The van der Waals surface area contributed by atoms with Crippen LogP contribution in [0.4, 0.5) is 0 Å². The summed E-state index contributed by atoms with van der Waals surface area (Å²) in [4.78, 5) is 27.8. The molecule has 3 rings (SSSR count). The van der Waals surface area contributed by atoms with E-state index in [0.29, 0.717) is 19.5 Å². The number of ether oxygens (including phenoxy) is 1. The summed E-state index contributed by atoms with van der Waals surface area (Å²) >= 11 is 0. The maximum absolute atomic E-state index is 13.4. The molecule has 1 saturated heterocycles. The van der Waals surface area contributed by atoms with Crippen LogP contribution in [0.3, 0.4) is 0 Å². The summed E-state index contributed by atoms with van der Waals surface area (Å²) in [5.41, 5.74) is 2.74. The van der Waals surface area contributed by atoms with Gasteiger partial charge in [0.15, 0.2) is 0 Å². The van der Waals surface area contributed by atoms with E-state index in [2.05, 4.69) is 29.6 Å². The van der Waals surface area contributed by atoms with E-state index in [4.69, 9.17) is 4.74 Å². The third-order valence-corrected chi connectivity index (χ3v) is 5.73. The predicted octanol–water partition coefficient (Wildman–Crippen LogP) is 3.68. The normalized spacial score (nSPS) is 19.0. The van der Waals surface area contributed by atoms with Crippen LogP contribution < -0.4 is 5.32 Å². The molecule has 160 valence electrons. The van der Waals surface area contributed by atoms with Gasteiger partial charge in [-0.3, -0.25) is 9.59 Å². The van der Waals surface area contributed by atoms with Gasteiger partial charge >= 0.3 is 0 Å². The molecule has 0 unspecified atom stereocenters. The van der Waals surface area contributed by atoms with Crippen molar-refractivity contribution in [3.05, 3.63) is 60.2 Å². The lowest BCUT2D eigenvalue weighted by Crippen LogP contribution is -2.56. The van der Waals surface area contributed by atoms with Crippen molar-refractivity contribution in [2.45, 2.75) is 39.2 Å². The van der Waals surface area contributed by atoms with Gasteiger partial charge in [0.2, 0.25) is 11.8 Å². The molecule has 0 bridgehead atoms. The minimum Gasteiger partial charge on any atom is -0.375 e. The Morgan fingerprint density at radius 1 is 1.10 bits per heavy atom. The number of amides is 2. The Bertz CT molecular complexity index is 866. The van der Waals surface area contributed by atoms with E-state index in [0.717, 1.165) is 29.5 Å². The van der Waals surface area contributed by atoms with Gasteiger partial charge in [0.05, 0.1) is 5.41 Å². The molecular weight excluding hydrogens is 376 g/mol. The molecule has 5 heteroatoms. The van der Waals surface area contributed by atoms with E-state index >= 15 is 0 Å². The second kappa shape index (κ2) is 9.90. The lowest BCUT2D eigenvalue weighted by Gasteiger charge is -2.42. The van der Waals surface area contributed by atoms with Crippen molar-refractivity contribution in [3.63, 3.8) is 0 Å². The molecule has 30 heavy (non-hydrogen) atoms. The van der Waals surface area contributed by atoms with Crippen LogP contribution in [0.15, 0.2) is 54.6 Å². The molecule has 1 aliphatic heterocycles. The van der Waals surface area contributed by atoms with E-state index in [1.54, 1.807) is 4.90 Å². The zero-order valence-electron chi connectivity index (χ0n) is 18.2. The van der Waals surface area contributed by atoms with Crippen LogP contribution in [0.25, 0.3) is 11.1 Å². The van der Waals surface area contributed by atoms with Crippen molar-refractivity contribution in [2.75, 3.05) is 26.8 Å². The molecule has 1 fully saturated rings. The van der Waals surface area contributed by atoms with Crippen LogP contribution >= 0.6 is 0 Å². The lowest BCUT2D eigenvalue weighted by atomic mass is 9.73. The molecule has 2 aromatic rings. The summed E-state index contributed by atoms with van der Waals surface area (Å²) in [5.74, 6) is -0.0365. The van der Waals surface area contributed by atoms with Gasteiger partial charge in [0, 0.05) is 26.2 Å². The Balaban J connectivity index is 1.97. The maximum Gasteiger partial charge on any atom is 0.248 e. The fourth-order valence-corrected chi connectivity index (χ4v) is 4.32. The fraction of sp³-hybridized carbons (Fsp3) is 0.440. The van der Waals surface area contributed by atoms with Crippen LogP contribution in [0.2, 0.25) is 0 Å². The predicted molar refractivity (Wildman–Crippen MR) is 119 cm³/mol. The molecule has 5 nitrogen and oxygen atoms in total. The number of piperidine rings is 1. The molecule has 1 heterocycles. The van der Waals surface area contributed by atoms with Crippen LogP contribution in [0, 0.1) is 5.41 Å². The molecule has 2 amide bonds. The number of nitrogens with zero attached hydrogens (tertiary/aromatic N) is 1. The zero-order valence-corrected chi connectivity index (χ0v) is 18.2. The van der Waals surface area contributed by atoms with Gasteiger partial charge in [-0.15, -0.1) is 0 Å². The maximum atomic E-state index is 13.4. The first-order valence-electron chi connectivity index (χ1n) is 10.7. The molecule has 1 aliphatic rings. The van der Waals surface area contributed by atoms with Gasteiger partial charge in [-0.1, -0.05) is 54.6 Å². The first-order valence-corrected chi connectivity index (χ1v) is 10.7. The summed E-state index contributed by atoms with van der Waals surface area (Å²) in [6, 6.07) is 18.5. The Morgan fingerprint density at radius 2 is 1.80 bits per heavy atom. The Labute approximate surface area is 179 Å². The van der Waals surface area contributed by atoms with Crippen molar-refractivity contribution in [1.82, 2.24) is 10.2 Å². The second-order valence-corrected chi connectivity index (χ2v) is 8.46. The number of benzene rings is 2. The van der Waals surface area contributed by atoms with Gasteiger partial charge in [0.25, 0.3) is 0 Å². The van der Waals surface area contributed by atoms with E-state index in [1.165, 1.54) is 7.11 Å². The number of rotatable bonds is 7. The van der Waals surface area contributed by atoms with Gasteiger partial charge in [-0.05, 0) is 49.8 Å². The standard InChI is InChI=1S/C25H32N2O3/c1-19(2)26-24(29)25(14-9-15-27(18-25)23(28)17-30-3)16-21-12-7-8-13-22(21)20-10-5-4-6-11-20/h4-8,10-13,19H,9,14-18H2,1-3H3,(H,26,29)/t25-/m0/s1. The van der Waals surface area contributed by atoms with E-state index in [1.807, 2.05) is 44.2 Å². The third kappa shape index (κ3) is 5.08. The van der Waals surface area contributed by atoms with E-state index < -0.39 is 5.41 Å². The molecular formula is C25H32N2O3. The number of likely N-dealkylation sites (tertiary alicyclic amines) is 1.